The molecule has 0 spiro atoms. The van der Waals surface area contributed by atoms with Crippen LogP contribution in [-0.2, 0) is 14.8 Å². The lowest BCUT2D eigenvalue weighted by atomic mass is 10.2. The molecule has 0 aliphatic heterocycles. The number of thiazole rings is 1. The van der Waals surface area contributed by atoms with Crippen LogP contribution in [0.2, 0.25) is 0 Å². The van der Waals surface area contributed by atoms with E-state index in [4.69, 9.17) is 4.74 Å². The average Bonchev–Trinajstić information content (AvgIpc) is 3.14. The summed E-state index contributed by atoms with van der Waals surface area (Å²) in [4.78, 5) is 16.0. The lowest BCUT2D eigenvalue weighted by Crippen LogP contribution is -2.20. The van der Waals surface area contributed by atoms with Gasteiger partial charge in [0.1, 0.15) is 5.75 Å². The largest absolute Gasteiger partial charge is 0.483 e. The number of aromatic nitrogens is 1. The van der Waals surface area contributed by atoms with Gasteiger partial charge in [0.15, 0.2) is 11.7 Å². The molecule has 2 aromatic carbocycles. The first-order valence-electron chi connectivity index (χ1n) is 7.95. The number of benzene rings is 2. The first kappa shape index (κ1) is 18.9. The van der Waals surface area contributed by atoms with Crippen molar-refractivity contribution in [2.45, 2.75) is 11.8 Å². The Morgan fingerprint density at radius 2 is 1.89 bits per heavy atom. The van der Waals surface area contributed by atoms with Gasteiger partial charge in [-0.1, -0.05) is 18.2 Å². The van der Waals surface area contributed by atoms with Crippen molar-refractivity contribution in [1.29, 1.82) is 0 Å². The molecule has 1 aromatic heterocycles. The molecule has 1 amide bonds. The van der Waals surface area contributed by atoms with Crippen LogP contribution in [0.15, 0.2) is 65.0 Å². The Bertz CT molecular complexity index is 1020. The minimum absolute atomic E-state index is 0.0758. The van der Waals surface area contributed by atoms with Crippen molar-refractivity contribution in [3.05, 3.63) is 65.7 Å². The highest BCUT2D eigenvalue weighted by atomic mass is 32.2. The number of aryl methyl sites for hydroxylation is 1. The van der Waals surface area contributed by atoms with Gasteiger partial charge < -0.3 is 10.1 Å². The summed E-state index contributed by atoms with van der Waals surface area (Å²) in [5.41, 5.74) is 1.41. The second-order valence-corrected chi connectivity index (χ2v) is 8.15. The van der Waals surface area contributed by atoms with E-state index < -0.39 is 10.0 Å². The van der Waals surface area contributed by atoms with Crippen molar-refractivity contribution in [1.82, 2.24) is 4.98 Å². The molecule has 0 aliphatic rings. The molecular formula is C18H17N3O4S2. The van der Waals surface area contributed by atoms with Crippen LogP contribution in [0.3, 0.4) is 0 Å². The van der Waals surface area contributed by atoms with Gasteiger partial charge in [-0.2, -0.15) is 0 Å². The fraction of sp³-hybridized carbons (Fsp3) is 0.111. The van der Waals surface area contributed by atoms with Crippen molar-refractivity contribution >= 4 is 38.1 Å². The normalized spacial score (nSPS) is 11.0. The average molecular weight is 403 g/mol. The lowest BCUT2D eigenvalue weighted by Gasteiger charge is -2.10. The van der Waals surface area contributed by atoms with Gasteiger partial charge in [-0.25, -0.2) is 13.4 Å². The molecule has 0 unspecified atom stereocenters. The standard InChI is InChI=1S/C18H17N3O4S2/c1-13-4-2-3-5-16(13)25-12-17(22)20-14-6-8-15(9-7-14)27(23,24)21-18-19-10-11-26-18/h2-11H,12H2,1H3,(H,19,21)(H,20,22). The first-order valence-corrected chi connectivity index (χ1v) is 10.3. The molecule has 0 bridgehead atoms. The molecule has 27 heavy (non-hydrogen) atoms. The molecule has 1 heterocycles. The van der Waals surface area contributed by atoms with Crippen LogP contribution in [0, 0.1) is 6.92 Å². The molecule has 7 nitrogen and oxygen atoms in total. The maximum absolute atomic E-state index is 12.3. The number of hydrogen-bond donors (Lipinski definition) is 2. The topological polar surface area (TPSA) is 97.4 Å². The number of amides is 1. The predicted molar refractivity (Wildman–Crippen MR) is 105 cm³/mol. The Labute approximate surface area is 161 Å². The number of anilines is 2. The second kappa shape index (κ2) is 8.19. The van der Waals surface area contributed by atoms with E-state index in [1.54, 1.807) is 11.4 Å². The summed E-state index contributed by atoms with van der Waals surface area (Å²) >= 11 is 1.19. The van der Waals surface area contributed by atoms with E-state index >= 15 is 0 Å². The molecule has 0 saturated carbocycles. The molecule has 0 aliphatic carbocycles. The Balaban J connectivity index is 1.58. The minimum Gasteiger partial charge on any atom is -0.483 e. The van der Waals surface area contributed by atoms with Crippen LogP contribution in [0.1, 0.15) is 5.56 Å². The van der Waals surface area contributed by atoms with Crippen LogP contribution >= 0.6 is 11.3 Å². The summed E-state index contributed by atoms with van der Waals surface area (Å²) in [6, 6.07) is 13.3. The number of para-hydroxylation sites is 1. The Hall–Kier alpha value is -2.91. The summed E-state index contributed by atoms with van der Waals surface area (Å²) in [5, 5.41) is 4.63. The molecule has 0 saturated heterocycles. The maximum atomic E-state index is 12.3. The zero-order chi connectivity index (χ0) is 19.3. The molecule has 140 valence electrons. The van der Waals surface area contributed by atoms with Crippen molar-refractivity contribution in [2.24, 2.45) is 0 Å². The molecule has 0 atom stereocenters. The number of carbonyl (C=O) groups excluding carboxylic acids is 1. The number of carbonyl (C=O) groups is 1. The van der Waals surface area contributed by atoms with Crippen molar-refractivity contribution in [2.75, 3.05) is 16.6 Å². The number of rotatable bonds is 7. The molecule has 9 heteroatoms. The van der Waals surface area contributed by atoms with E-state index in [0.717, 1.165) is 5.56 Å². The van der Waals surface area contributed by atoms with Crippen LogP contribution in [0.5, 0.6) is 5.75 Å². The SMILES string of the molecule is Cc1ccccc1OCC(=O)Nc1ccc(S(=O)(=O)Nc2nccs2)cc1. The molecular weight excluding hydrogens is 386 g/mol. The summed E-state index contributed by atoms with van der Waals surface area (Å²) < 4.78 is 32.4. The second-order valence-electron chi connectivity index (χ2n) is 5.57. The predicted octanol–water partition coefficient (Wildman–Crippen LogP) is 3.27. The molecule has 0 fully saturated rings. The van der Waals surface area contributed by atoms with E-state index in [1.165, 1.54) is 41.8 Å². The number of hydrogen-bond acceptors (Lipinski definition) is 6. The summed E-state index contributed by atoms with van der Waals surface area (Å²) in [7, 11) is -3.72. The van der Waals surface area contributed by atoms with Gasteiger partial charge in [0.25, 0.3) is 15.9 Å². The van der Waals surface area contributed by atoms with Crippen molar-refractivity contribution in [3.8, 4) is 5.75 Å². The number of sulfonamides is 1. The van der Waals surface area contributed by atoms with Crippen LogP contribution in [0.25, 0.3) is 0 Å². The number of ether oxygens (including phenoxy) is 1. The minimum atomic E-state index is -3.72. The van der Waals surface area contributed by atoms with Crippen molar-refractivity contribution < 1.29 is 17.9 Å². The van der Waals surface area contributed by atoms with Gasteiger partial charge in [0.2, 0.25) is 0 Å². The van der Waals surface area contributed by atoms with E-state index in [2.05, 4.69) is 15.0 Å². The fourth-order valence-electron chi connectivity index (χ4n) is 2.22. The van der Waals surface area contributed by atoms with E-state index in [1.807, 2.05) is 25.1 Å². The Kier molecular flexibility index (Phi) is 5.72. The van der Waals surface area contributed by atoms with E-state index in [0.29, 0.717) is 16.6 Å². The van der Waals surface area contributed by atoms with Gasteiger partial charge in [0, 0.05) is 17.3 Å². The lowest BCUT2D eigenvalue weighted by molar-refractivity contribution is -0.118. The monoisotopic (exact) mass is 403 g/mol. The van der Waals surface area contributed by atoms with E-state index in [9.17, 15) is 13.2 Å². The maximum Gasteiger partial charge on any atom is 0.263 e. The zero-order valence-corrected chi connectivity index (χ0v) is 16.0. The van der Waals surface area contributed by atoms with Gasteiger partial charge in [0.05, 0.1) is 4.90 Å². The van der Waals surface area contributed by atoms with Gasteiger partial charge >= 0.3 is 0 Å². The highest BCUT2D eigenvalue weighted by Gasteiger charge is 2.15. The molecule has 2 N–H and O–H groups in total. The summed E-state index contributed by atoms with van der Waals surface area (Å²) in [6.45, 7) is 1.75. The smallest absolute Gasteiger partial charge is 0.263 e. The summed E-state index contributed by atoms with van der Waals surface area (Å²) in [5.74, 6) is 0.303. The van der Waals surface area contributed by atoms with Crippen LogP contribution in [-0.4, -0.2) is 25.9 Å². The van der Waals surface area contributed by atoms with Gasteiger partial charge in [-0.05, 0) is 42.8 Å². The zero-order valence-electron chi connectivity index (χ0n) is 14.4. The Morgan fingerprint density at radius 3 is 2.56 bits per heavy atom. The van der Waals surface area contributed by atoms with Crippen molar-refractivity contribution in [3.63, 3.8) is 0 Å². The number of nitrogens with zero attached hydrogens (tertiary/aromatic N) is 1. The molecule has 3 aromatic rings. The third-order valence-corrected chi connectivity index (χ3v) is 5.73. The van der Waals surface area contributed by atoms with E-state index in [-0.39, 0.29) is 17.4 Å². The third-order valence-electron chi connectivity index (χ3n) is 3.55. The quantitative estimate of drug-likeness (QED) is 0.631. The molecule has 3 rings (SSSR count). The highest BCUT2D eigenvalue weighted by molar-refractivity contribution is 7.93. The van der Waals surface area contributed by atoms with Gasteiger partial charge in [-0.3, -0.25) is 9.52 Å². The fourth-order valence-corrected chi connectivity index (χ4v) is 4.01. The first-order chi connectivity index (χ1) is 12.9. The molecule has 0 radical (unpaired) electrons. The number of nitrogens with one attached hydrogen (secondary N) is 2. The van der Waals surface area contributed by atoms with Gasteiger partial charge in [-0.15, -0.1) is 11.3 Å². The Morgan fingerprint density at radius 1 is 1.15 bits per heavy atom. The van der Waals surface area contributed by atoms with Crippen LogP contribution in [0.4, 0.5) is 10.8 Å². The summed E-state index contributed by atoms with van der Waals surface area (Å²) in [6.07, 6.45) is 1.51. The third kappa shape index (κ3) is 5.05. The van der Waals surface area contributed by atoms with Crippen LogP contribution < -0.4 is 14.8 Å². The highest BCUT2D eigenvalue weighted by Crippen LogP contribution is 2.20.